The van der Waals surface area contributed by atoms with Gasteiger partial charge in [0.25, 0.3) is 0 Å². The smallest absolute Gasteiger partial charge is 0.318 e. The predicted molar refractivity (Wildman–Crippen MR) is 79.6 cm³/mol. The van der Waals surface area contributed by atoms with Crippen LogP contribution >= 0.6 is 0 Å². The van der Waals surface area contributed by atoms with Crippen LogP contribution in [0.4, 0.5) is 0 Å². The second-order valence-electron chi connectivity index (χ2n) is 7.67. The normalized spacial score (nSPS) is 13.2. The summed E-state index contributed by atoms with van der Waals surface area (Å²) in [5.74, 6) is -0.274. The molecule has 0 atom stereocenters. The van der Waals surface area contributed by atoms with Crippen LogP contribution in [0.1, 0.15) is 66.8 Å². The highest BCUT2D eigenvalue weighted by Crippen LogP contribution is 2.28. The van der Waals surface area contributed by atoms with Gasteiger partial charge >= 0.3 is 5.97 Å². The van der Waals surface area contributed by atoms with Crippen molar-refractivity contribution in [3.05, 3.63) is 23.8 Å². The minimum atomic E-state index is -0.795. The highest BCUT2D eigenvalue weighted by Gasteiger charge is 2.36. The van der Waals surface area contributed by atoms with E-state index < -0.39 is 11.0 Å². The van der Waals surface area contributed by atoms with Crippen molar-refractivity contribution in [1.29, 1.82) is 0 Å². The predicted octanol–water partition coefficient (Wildman–Crippen LogP) is 3.39. The molecule has 0 bridgehead atoms. The van der Waals surface area contributed by atoms with Gasteiger partial charge in [0.15, 0.2) is 0 Å². The Morgan fingerprint density at radius 1 is 0.950 bits per heavy atom. The third-order valence-corrected chi connectivity index (χ3v) is 2.99. The SMILES string of the molecule is CC(C)(C)OC(=O)C(C)(C)c1cc(C(C)(C)C)ncn1. The summed E-state index contributed by atoms with van der Waals surface area (Å²) in [5, 5.41) is 0. The summed E-state index contributed by atoms with van der Waals surface area (Å²) in [6.07, 6.45) is 1.52. The van der Waals surface area contributed by atoms with Gasteiger partial charge < -0.3 is 4.74 Å². The van der Waals surface area contributed by atoms with E-state index in [0.29, 0.717) is 5.69 Å². The number of aromatic nitrogens is 2. The van der Waals surface area contributed by atoms with Crippen molar-refractivity contribution in [2.45, 2.75) is 71.8 Å². The first kappa shape index (κ1) is 16.6. The molecule has 0 saturated carbocycles. The molecule has 1 rings (SSSR count). The molecule has 0 aromatic carbocycles. The van der Waals surface area contributed by atoms with E-state index in [2.05, 4.69) is 30.7 Å². The number of ether oxygens (including phenoxy) is 1. The zero-order chi connectivity index (χ0) is 15.8. The van der Waals surface area contributed by atoms with Crippen LogP contribution < -0.4 is 0 Å². The van der Waals surface area contributed by atoms with Crippen molar-refractivity contribution >= 4 is 5.97 Å². The molecule has 0 fully saturated rings. The van der Waals surface area contributed by atoms with Crippen molar-refractivity contribution in [3.63, 3.8) is 0 Å². The van der Waals surface area contributed by atoms with Gasteiger partial charge in [-0.25, -0.2) is 9.97 Å². The number of hydrogen-bond donors (Lipinski definition) is 0. The summed E-state index contributed by atoms with van der Waals surface area (Å²) >= 11 is 0. The van der Waals surface area contributed by atoms with Gasteiger partial charge in [0.05, 0.1) is 5.69 Å². The van der Waals surface area contributed by atoms with Gasteiger partial charge in [-0.1, -0.05) is 20.8 Å². The third-order valence-electron chi connectivity index (χ3n) is 2.99. The van der Waals surface area contributed by atoms with Gasteiger partial charge in [0.2, 0.25) is 0 Å². The molecular formula is C16H26N2O2. The molecule has 0 unspecified atom stereocenters. The molecule has 0 N–H and O–H groups in total. The molecule has 0 radical (unpaired) electrons. The fraction of sp³-hybridized carbons (Fsp3) is 0.688. The van der Waals surface area contributed by atoms with Crippen LogP contribution in [0.25, 0.3) is 0 Å². The van der Waals surface area contributed by atoms with E-state index in [-0.39, 0.29) is 11.4 Å². The van der Waals surface area contributed by atoms with Crippen LogP contribution in [0.3, 0.4) is 0 Å². The van der Waals surface area contributed by atoms with E-state index in [4.69, 9.17) is 4.74 Å². The van der Waals surface area contributed by atoms with Gasteiger partial charge in [0.1, 0.15) is 17.3 Å². The second-order valence-corrected chi connectivity index (χ2v) is 7.67. The van der Waals surface area contributed by atoms with Crippen molar-refractivity contribution < 1.29 is 9.53 Å². The molecule has 0 saturated heterocycles. The molecule has 20 heavy (non-hydrogen) atoms. The maximum atomic E-state index is 12.4. The molecule has 4 heteroatoms. The fourth-order valence-corrected chi connectivity index (χ4v) is 1.62. The highest BCUT2D eigenvalue weighted by atomic mass is 16.6. The minimum Gasteiger partial charge on any atom is -0.459 e. The van der Waals surface area contributed by atoms with Gasteiger partial charge in [-0.15, -0.1) is 0 Å². The molecule has 1 aromatic heterocycles. The summed E-state index contributed by atoms with van der Waals surface area (Å²) in [7, 11) is 0. The Morgan fingerprint density at radius 2 is 1.45 bits per heavy atom. The minimum absolute atomic E-state index is 0.0816. The molecule has 0 spiro atoms. The van der Waals surface area contributed by atoms with E-state index in [9.17, 15) is 4.79 Å². The Labute approximate surface area is 122 Å². The van der Waals surface area contributed by atoms with Crippen LogP contribution in [0, 0.1) is 0 Å². The third kappa shape index (κ3) is 4.02. The van der Waals surface area contributed by atoms with Crippen molar-refractivity contribution in [3.8, 4) is 0 Å². The molecule has 4 nitrogen and oxygen atoms in total. The van der Waals surface area contributed by atoms with E-state index in [0.717, 1.165) is 5.69 Å². The second kappa shape index (κ2) is 5.15. The highest BCUT2D eigenvalue weighted by molar-refractivity contribution is 5.81. The van der Waals surface area contributed by atoms with Gasteiger partial charge in [-0.05, 0) is 40.7 Å². The zero-order valence-electron chi connectivity index (χ0n) is 13.9. The molecule has 0 aliphatic heterocycles. The zero-order valence-corrected chi connectivity index (χ0v) is 13.9. The first-order valence-electron chi connectivity index (χ1n) is 6.90. The molecule has 0 amide bonds. The summed E-state index contributed by atoms with van der Waals surface area (Å²) in [6.45, 7) is 15.5. The van der Waals surface area contributed by atoms with Crippen molar-refractivity contribution in [2.24, 2.45) is 0 Å². The summed E-state index contributed by atoms with van der Waals surface area (Å²) in [6, 6.07) is 1.89. The number of carbonyl (C=O) groups excluding carboxylic acids is 1. The van der Waals surface area contributed by atoms with E-state index in [1.54, 1.807) is 0 Å². The Morgan fingerprint density at radius 3 is 1.90 bits per heavy atom. The molecule has 112 valence electrons. The lowest BCUT2D eigenvalue weighted by atomic mass is 9.85. The Kier molecular flexibility index (Phi) is 4.28. The lowest BCUT2D eigenvalue weighted by Gasteiger charge is -2.28. The molecule has 0 aliphatic carbocycles. The standard InChI is InChI=1S/C16H26N2O2/c1-14(2,3)11-9-12(18-10-17-11)16(7,8)13(19)20-15(4,5)6/h9-10H,1-8H3. The number of nitrogens with zero attached hydrogens (tertiary/aromatic N) is 2. The summed E-state index contributed by atoms with van der Waals surface area (Å²) in [5.41, 5.74) is 0.220. The average Bonchev–Trinajstić information content (AvgIpc) is 2.25. The van der Waals surface area contributed by atoms with Gasteiger partial charge in [-0.2, -0.15) is 0 Å². The fourth-order valence-electron chi connectivity index (χ4n) is 1.62. The van der Waals surface area contributed by atoms with Crippen LogP contribution in [0.15, 0.2) is 12.4 Å². The maximum absolute atomic E-state index is 12.4. The number of rotatable bonds is 2. The molecule has 1 aromatic rings. The topological polar surface area (TPSA) is 52.1 Å². The average molecular weight is 278 g/mol. The molecular weight excluding hydrogens is 252 g/mol. The molecule has 1 heterocycles. The Balaban J connectivity index is 3.13. The number of carbonyl (C=O) groups is 1. The van der Waals surface area contributed by atoms with Crippen molar-refractivity contribution in [1.82, 2.24) is 9.97 Å². The van der Waals surface area contributed by atoms with Gasteiger partial charge in [0, 0.05) is 11.1 Å². The lowest BCUT2D eigenvalue weighted by molar-refractivity contribution is -0.161. The largest absolute Gasteiger partial charge is 0.459 e. The maximum Gasteiger partial charge on any atom is 0.318 e. The number of esters is 1. The van der Waals surface area contributed by atoms with E-state index >= 15 is 0 Å². The first-order chi connectivity index (χ1) is 8.84. The monoisotopic (exact) mass is 278 g/mol. The molecule has 0 aliphatic rings. The summed E-state index contributed by atoms with van der Waals surface area (Å²) in [4.78, 5) is 20.9. The van der Waals surface area contributed by atoms with Crippen LogP contribution in [-0.4, -0.2) is 21.5 Å². The van der Waals surface area contributed by atoms with E-state index in [1.807, 2.05) is 40.7 Å². The summed E-state index contributed by atoms with van der Waals surface area (Å²) < 4.78 is 5.48. The Hall–Kier alpha value is -1.45. The van der Waals surface area contributed by atoms with Crippen LogP contribution in [-0.2, 0) is 20.4 Å². The number of hydrogen-bond acceptors (Lipinski definition) is 4. The van der Waals surface area contributed by atoms with E-state index in [1.165, 1.54) is 6.33 Å². The van der Waals surface area contributed by atoms with Crippen molar-refractivity contribution in [2.75, 3.05) is 0 Å². The Bertz CT molecular complexity index is 494. The van der Waals surface area contributed by atoms with Crippen LogP contribution in [0.2, 0.25) is 0 Å². The lowest BCUT2D eigenvalue weighted by Crippen LogP contribution is -2.37. The first-order valence-corrected chi connectivity index (χ1v) is 6.90. The quantitative estimate of drug-likeness (QED) is 0.778. The van der Waals surface area contributed by atoms with Crippen LogP contribution in [0.5, 0.6) is 0 Å². The van der Waals surface area contributed by atoms with Gasteiger partial charge in [-0.3, -0.25) is 4.79 Å².